The van der Waals surface area contributed by atoms with E-state index in [9.17, 15) is 8.42 Å². The highest BCUT2D eigenvalue weighted by Crippen LogP contribution is 2.23. The van der Waals surface area contributed by atoms with Crippen LogP contribution in [-0.4, -0.2) is 31.5 Å². The summed E-state index contributed by atoms with van der Waals surface area (Å²) in [4.78, 5) is 0.410. The molecule has 2 rings (SSSR count). The summed E-state index contributed by atoms with van der Waals surface area (Å²) in [6.45, 7) is 0.493. The Morgan fingerprint density at radius 1 is 1.53 bits per heavy atom. The van der Waals surface area contributed by atoms with E-state index in [1.165, 1.54) is 6.07 Å². The zero-order valence-corrected chi connectivity index (χ0v) is 12.8. The van der Waals surface area contributed by atoms with Crippen LogP contribution in [0.1, 0.15) is 12.0 Å². The van der Waals surface area contributed by atoms with Crippen molar-refractivity contribution in [2.24, 2.45) is 11.7 Å². The Morgan fingerprint density at radius 2 is 2.32 bits per heavy atom. The summed E-state index contributed by atoms with van der Waals surface area (Å²) in [5.74, 6) is 2.57. The largest absolute Gasteiger partial charge is 0.389 e. The molecule has 1 atom stereocenters. The van der Waals surface area contributed by atoms with E-state index in [0.717, 1.165) is 17.9 Å². The lowest BCUT2D eigenvalue weighted by atomic mass is 10.1. The molecule has 1 heterocycles. The van der Waals surface area contributed by atoms with Crippen molar-refractivity contribution in [2.75, 3.05) is 18.1 Å². The molecular formula is C12H16N2O2S3. The zero-order chi connectivity index (χ0) is 13.9. The smallest absolute Gasteiger partial charge is 0.240 e. The summed E-state index contributed by atoms with van der Waals surface area (Å²) in [6, 6.07) is 6.41. The Morgan fingerprint density at radius 3 is 2.95 bits per heavy atom. The second-order valence-electron chi connectivity index (χ2n) is 4.47. The number of thioether (sulfide) groups is 1. The minimum absolute atomic E-state index is 0.198. The topological polar surface area (TPSA) is 72.2 Å². The lowest BCUT2D eigenvalue weighted by molar-refractivity contribution is 0.546. The maximum atomic E-state index is 12.2. The van der Waals surface area contributed by atoms with Crippen molar-refractivity contribution in [1.82, 2.24) is 4.72 Å². The van der Waals surface area contributed by atoms with Gasteiger partial charge < -0.3 is 5.73 Å². The molecule has 3 N–H and O–H groups in total. The number of hydrogen-bond acceptors (Lipinski definition) is 4. The van der Waals surface area contributed by atoms with Gasteiger partial charge in [-0.3, -0.25) is 0 Å². The van der Waals surface area contributed by atoms with Crippen LogP contribution in [0.3, 0.4) is 0 Å². The first kappa shape index (κ1) is 14.8. The Labute approximate surface area is 123 Å². The highest BCUT2D eigenvalue weighted by molar-refractivity contribution is 7.99. The highest BCUT2D eigenvalue weighted by Gasteiger charge is 2.20. The summed E-state index contributed by atoms with van der Waals surface area (Å²) >= 11 is 6.72. The summed E-state index contributed by atoms with van der Waals surface area (Å²) < 4.78 is 27.0. The fourth-order valence-corrected chi connectivity index (χ4v) is 4.44. The summed E-state index contributed by atoms with van der Waals surface area (Å²) in [5.41, 5.74) is 6.08. The minimum Gasteiger partial charge on any atom is -0.389 e. The number of nitrogens with one attached hydrogen (secondary N) is 1. The van der Waals surface area contributed by atoms with Gasteiger partial charge in [-0.1, -0.05) is 24.4 Å². The predicted molar refractivity (Wildman–Crippen MR) is 82.9 cm³/mol. The molecule has 1 aromatic carbocycles. The molecule has 1 aromatic rings. The van der Waals surface area contributed by atoms with Gasteiger partial charge in [0.25, 0.3) is 0 Å². The molecule has 1 unspecified atom stereocenters. The van der Waals surface area contributed by atoms with Crippen molar-refractivity contribution in [3.8, 4) is 0 Å². The first-order chi connectivity index (χ1) is 8.99. The fourth-order valence-electron chi connectivity index (χ4n) is 1.87. The first-order valence-corrected chi connectivity index (χ1v) is 9.01. The summed E-state index contributed by atoms with van der Waals surface area (Å²) in [7, 11) is -3.48. The van der Waals surface area contributed by atoms with Crippen molar-refractivity contribution in [3.63, 3.8) is 0 Å². The van der Waals surface area contributed by atoms with Crippen molar-refractivity contribution in [3.05, 3.63) is 29.8 Å². The van der Waals surface area contributed by atoms with E-state index < -0.39 is 10.0 Å². The minimum atomic E-state index is -3.48. The van der Waals surface area contributed by atoms with E-state index in [-0.39, 0.29) is 9.88 Å². The van der Waals surface area contributed by atoms with Gasteiger partial charge >= 0.3 is 0 Å². The Kier molecular flexibility index (Phi) is 4.83. The van der Waals surface area contributed by atoms with Gasteiger partial charge in [0, 0.05) is 12.1 Å². The lowest BCUT2D eigenvalue weighted by Crippen LogP contribution is -2.29. The second-order valence-corrected chi connectivity index (χ2v) is 7.83. The van der Waals surface area contributed by atoms with Crippen LogP contribution in [-0.2, 0) is 10.0 Å². The zero-order valence-electron chi connectivity index (χ0n) is 10.3. The fraction of sp³-hybridized carbons (Fsp3) is 0.417. The molecular weight excluding hydrogens is 300 g/mol. The van der Waals surface area contributed by atoms with E-state index in [0.29, 0.717) is 18.0 Å². The monoisotopic (exact) mass is 316 g/mol. The van der Waals surface area contributed by atoms with Gasteiger partial charge in [0.1, 0.15) is 4.99 Å². The van der Waals surface area contributed by atoms with Crippen LogP contribution in [0.5, 0.6) is 0 Å². The Bertz CT molecular complexity index is 566. The van der Waals surface area contributed by atoms with E-state index in [4.69, 9.17) is 18.0 Å². The average molecular weight is 316 g/mol. The molecule has 19 heavy (non-hydrogen) atoms. The number of thiocarbonyl (C=S) groups is 1. The summed E-state index contributed by atoms with van der Waals surface area (Å²) in [5, 5.41) is 0. The molecule has 0 amide bonds. The molecule has 104 valence electrons. The lowest BCUT2D eigenvalue weighted by Gasteiger charge is -2.11. The maximum absolute atomic E-state index is 12.2. The van der Waals surface area contributed by atoms with Crippen LogP contribution in [0.2, 0.25) is 0 Å². The molecule has 1 saturated heterocycles. The van der Waals surface area contributed by atoms with Crippen molar-refractivity contribution < 1.29 is 8.42 Å². The Hall–Kier alpha value is -0.630. The molecule has 1 fully saturated rings. The van der Waals surface area contributed by atoms with Crippen LogP contribution in [0.25, 0.3) is 0 Å². The summed E-state index contributed by atoms with van der Waals surface area (Å²) in [6.07, 6.45) is 1.07. The molecule has 1 aliphatic rings. The van der Waals surface area contributed by atoms with Crippen molar-refractivity contribution >= 4 is 39.0 Å². The number of hydrogen-bond donors (Lipinski definition) is 2. The van der Waals surface area contributed by atoms with Crippen LogP contribution in [0.4, 0.5) is 0 Å². The van der Waals surface area contributed by atoms with E-state index >= 15 is 0 Å². The molecule has 0 aliphatic carbocycles. The number of nitrogens with two attached hydrogens (primary N) is 1. The molecule has 0 aromatic heterocycles. The van der Waals surface area contributed by atoms with Gasteiger partial charge in [0.15, 0.2) is 0 Å². The maximum Gasteiger partial charge on any atom is 0.240 e. The van der Waals surface area contributed by atoms with Gasteiger partial charge in [-0.2, -0.15) is 11.8 Å². The normalized spacial score (nSPS) is 19.5. The molecule has 0 radical (unpaired) electrons. The quantitative estimate of drug-likeness (QED) is 0.802. The van der Waals surface area contributed by atoms with Gasteiger partial charge in [-0.05, 0) is 36.0 Å². The van der Waals surface area contributed by atoms with Crippen molar-refractivity contribution in [2.45, 2.75) is 11.3 Å². The molecule has 1 aliphatic heterocycles. The third-order valence-corrected chi connectivity index (χ3v) is 5.90. The number of sulfonamides is 1. The van der Waals surface area contributed by atoms with Crippen LogP contribution < -0.4 is 10.5 Å². The van der Waals surface area contributed by atoms with Gasteiger partial charge in [-0.15, -0.1) is 0 Å². The number of benzene rings is 1. The second kappa shape index (κ2) is 6.21. The molecule has 0 bridgehead atoms. The van der Waals surface area contributed by atoms with E-state index in [2.05, 4.69) is 4.72 Å². The third kappa shape index (κ3) is 3.92. The average Bonchev–Trinajstić information content (AvgIpc) is 2.90. The predicted octanol–water partition coefficient (Wildman–Crippen LogP) is 1.35. The van der Waals surface area contributed by atoms with Gasteiger partial charge in [-0.25, -0.2) is 13.1 Å². The number of rotatable bonds is 5. The van der Waals surface area contributed by atoms with Crippen LogP contribution in [0, 0.1) is 5.92 Å². The SMILES string of the molecule is NC(=S)c1cccc(S(=O)(=O)NCC2CCSC2)c1. The standard InChI is InChI=1S/C12H16N2O2S3/c13-12(17)10-2-1-3-11(6-10)19(15,16)14-7-9-4-5-18-8-9/h1-3,6,9,14H,4-5,7-8H2,(H2,13,17). The van der Waals surface area contributed by atoms with E-state index in [1.807, 2.05) is 11.8 Å². The van der Waals surface area contributed by atoms with E-state index in [1.54, 1.807) is 18.2 Å². The van der Waals surface area contributed by atoms with Crippen LogP contribution in [0.15, 0.2) is 29.2 Å². The van der Waals surface area contributed by atoms with Gasteiger partial charge in [0.05, 0.1) is 4.90 Å². The highest BCUT2D eigenvalue weighted by atomic mass is 32.2. The van der Waals surface area contributed by atoms with Crippen LogP contribution >= 0.6 is 24.0 Å². The first-order valence-electron chi connectivity index (χ1n) is 5.96. The molecule has 0 spiro atoms. The molecule has 7 heteroatoms. The Balaban J connectivity index is 2.09. The molecule has 0 saturated carbocycles. The molecule has 4 nitrogen and oxygen atoms in total. The third-order valence-electron chi connectivity index (χ3n) is 3.01. The van der Waals surface area contributed by atoms with Gasteiger partial charge in [0.2, 0.25) is 10.0 Å². The van der Waals surface area contributed by atoms with Crippen molar-refractivity contribution in [1.29, 1.82) is 0 Å².